The van der Waals surface area contributed by atoms with Crippen LogP contribution in [-0.4, -0.2) is 16.9 Å². The first kappa shape index (κ1) is 13.1. The highest BCUT2D eigenvalue weighted by Crippen LogP contribution is 2.13. The first-order valence-corrected chi connectivity index (χ1v) is 5.45. The topological polar surface area (TPSA) is 84.2 Å². The average Bonchev–Trinajstić information content (AvgIpc) is 2.29. The van der Waals surface area contributed by atoms with Crippen molar-refractivity contribution >= 4 is 34.8 Å². The molecule has 0 radical (unpaired) electrons. The fourth-order valence-corrected chi connectivity index (χ4v) is 1.40. The number of benzene rings is 1. The standard InChI is InChI=1S/C11H13N3O2S/c1-2-9(15)14-11(17)13-8-6-4-3-5-7(8)10(12)16/h3-6H,2H2,1H3,(H2,12,16)(H2,13,14,15,17). The van der Waals surface area contributed by atoms with Gasteiger partial charge in [0.05, 0.1) is 11.3 Å². The van der Waals surface area contributed by atoms with Gasteiger partial charge in [0.2, 0.25) is 5.91 Å². The summed E-state index contributed by atoms with van der Waals surface area (Å²) in [4.78, 5) is 22.2. The molecule has 0 aliphatic carbocycles. The number of amides is 2. The van der Waals surface area contributed by atoms with Gasteiger partial charge in [-0.15, -0.1) is 0 Å². The molecular weight excluding hydrogens is 238 g/mol. The molecule has 0 spiro atoms. The van der Waals surface area contributed by atoms with Crippen LogP contribution in [0, 0.1) is 0 Å². The van der Waals surface area contributed by atoms with E-state index >= 15 is 0 Å². The minimum absolute atomic E-state index is 0.144. The Labute approximate surface area is 104 Å². The van der Waals surface area contributed by atoms with E-state index in [1.165, 1.54) is 0 Å². The Morgan fingerprint density at radius 1 is 1.35 bits per heavy atom. The van der Waals surface area contributed by atoms with E-state index < -0.39 is 5.91 Å². The van der Waals surface area contributed by atoms with E-state index in [0.717, 1.165) is 0 Å². The molecule has 0 unspecified atom stereocenters. The van der Waals surface area contributed by atoms with Gasteiger partial charge >= 0.3 is 0 Å². The minimum Gasteiger partial charge on any atom is -0.366 e. The normalized spacial score (nSPS) is 9.47. The number of nitrogens with two attached hydrogens (primary N) is 1. The van der Waals surface area contributed by atoms with Gasteiger partial charge in [0.1, 0.15) is 0 Å². The number of hydrogen-bond acceptors (Lipinski definition) is 3. The highest BCUT2D eigenvalue weighted by Gasteiger charge is 2.09. The molecule has 0 bridgehead atoms. The van der Waals surface area contributed by atoms with E-state index in [1.807, 2.05) is 0 Å². The molecule has 17 heavy (non-hydrogen) atoms. The second-order valence-electron chi connectivity index (χ2n) is 3.27. The van der Waals surface area contributed by atoms with E-state index in [2.05, 4.69) is 10.6 Å². The highest BCUT2D eigenvalue weighted by atomic mass is 32.1. The summed E-state index contributed by atoms with van der Waals surface area (Å²) in [6, 6.07) is 6.66. The fraction of sp³-hybridized carbons (Fsp3) is 0.182. The first-order chi connectivity index (χ1) is 8.04. The van der Waals surface area contributed by atoms with Crippen molar-refractivity contribution in [2.45, 2.75) is 13.3 Å². The molecule has 2 amide bonds. The zero-order valence-corrected chi connectivity index (χ0v) is 10.1. The second-order valence-corrected chi connectivity index (χ2v) is 3.67. The zero-order chi connectivity index (χ0) is 12.8. The number of hydrogen-bond donors (Lipinski definition) is 3. The van der Waals surface area contributed by atoms with Crippen LogP contribution in [0.2, 0.25) is 0 Å². The summed E-state index contributed by atoms with van der Waals surface area (Å²) in [5, 5.41) is 5.37. The molecule has 0 aliphatic heterocycles. The zero-order valence-electron chi connectivity index (χ0n) is 9.32. The third-order valence-corrected chi connectivity index (χ3v) is 2.22. The monoisotopic (exact) mass is 251 g/mol. The van der Waals surface area contributed by atoms with Crippen LogP contribution in [0.4, 0.5) is 5.69 Å². The van der Waals surface area contributed by atoms with Gasteiger partial charge in [-0.25, -0.2) is 0 Å². The van der Waals surface area contributed by atoms with Gasteiger partial charge in [-0.2, -0.15) is 0 Å². The molecule has 0 saturated heterocycles. The Kier molecular flexibility index (Phi) is 4.59. The van der Waals surface area contributed by atoms with E-state index in [4.69, 9.17) is 18.0 Å². The number of nitrogens with one attached hydrogen (secondary N) is 2. The Morgan fingerprint density at radius 3 is 2.59 bits per heavy atom. The molecule has 0 aliphatic rings. The number of primary amides is 1. The molecule has 1 rings (SSSR count). The van der Waals surface area contributed by atoms with Crippen molar-refractivity contribution in [3.8, 4) is 0 Å². The summed E-state index contributed by atoms with van der Waals surface area (Å²) in [5.41, 5.74) is 6.00. The maximum atomic E-state index is 11.1. The molecule has 6 heteroatoms. The molecule has 1 aromatic carbocycles. The molecule has 5 nitrogen and oxygen atoms in total. The minimum atomic E-state index is -0.558. The van der Waals surface area contributed by atoms with E-state index in [9.17, 15) is 9.59 Å². The summed E-state index contributed by atoms with van der Waals surface area (Å²) in [6.07, 6.45) is 0.333. The molecule has 0 aromatic heterocycles. The van der Waals surface area contributed by atoms with Crippen molar-refractivity contribution < 1.29 is 9.59 Å². The Morgan fingerprint density at radius 2 is 2.00 bits per heavy atom. The van der Waals surface area contributed by atoms with Gasteiger partial charge in [-0.1, -0.05) is 19.1 Å². The van der Waals surface area contributed by atoms with Crippen LogP contribution in [0.1, 0.15) is 23.7 Å². The largest absolute Gasteiger partial charge is 0.366 e. The lowest BCUT2D eigenvalue weighted by Gasteiger charge is -2.11. The van der Waals surface area contributed by atoms with Crippen LogP contribution in [0.5, 0.6) is 0 Å². The van der Waals surface area contributed by atoms with Crippen molar-refractivity contribution in [3.63, 3.8) is 0 Å². The van der Waals surface area contributed by atoms with Crippen molar-refractivity contribution in [3.05, 3.63) is 29.8 Å². The number of thiocarbonyl (C=S) groups is 1. The van der Waals surface area contributed by atoms with E-state index in [0.29, 0.717) is 17.7 Å². The van der Waals surface area contributed by atoms with Crippen LogP contribution in [-0.2, 0) is 4.79 Å². The lowest BCUT2D eigenvalue weighted by molar-refractivity contribution is -0.119. The summed E-state index contributed by atoms with van der Waals surface area (Å²) < 4.78 is 0. The SMILES string of the molecule is CCC(=O)NC(=S)Nc1ccccc1C(N)=O. The van der Waals surface area contributed by atoms with Gasteiger partial charge in [0, 0.05) is 6.42 Å². The van der Waals surface area contributed by atoms with Crippen LogP contribution in [0.15, 0.2) is 24.3 Å². The number of anilines is 1. The second kappa shape index (κ2) is 5.95. The van der Waals surface area contributed by atoms with Crippen molar-refractivity contribution in [1.82, 2.24) is 5.32 Å². The molecule has 0 saturated carbocycles. The predicted molar refractivity (Wildman–Crippen MR) is 69.6 cm³/mol. The third-order valence-electron chi connectivity index (χ3n) is 2.01. The Hall–Kier alpha value is -1.95. The van der Waals surface area contributed by atoms with E-state index in [1.54, 1.807) is 31.2 Å². The highest BCUT2D eigenvalue weighted by molar-refractivity contribution is 7.80. The van der Waals surface area contributed by atoms with Crippen LogP contribution < -0.4 is 16.4 Å². The number of rotatable bonds is 3. The van der Waals surface area contributed by atoms with Gasteiger partial charge < -0.3 is 16.4 Å². The lowest BCUT2D eigenvalue weighted by atomic mass is 10.1. The summed E-state index contributed by atoms with van der Waals surface area (Å²) in [7, 11) is 0. The quantitative estimate of drug-likeness (QED) is 0.700. The van der Waals surface area contributed by atoms with Gasteiger partial charge in [-0.05, 0) is 24.4 Å². The first-order valence-electron chi connectivity index (χ1n) is 5.04. The summed E-state index contributed by atoms with van der Waals surface area (Å²) >= 11 is 4.93. The van der Waals surface area contributed by atoms with E-state index in [-0.39, 0.29) is 11.0 Å². The van der Waals surface area contributed by atoms with Crippen LogP contribution >= 0.6 is 12.2 Å². The molecule has 0 atom stereocenters. The maximum absolute atomic E-state index is 11.1. The van der Waals surface area contributed by atoms with Crippen molar-refractivity contribution in [2.75, 3.05) is 5.32 Å². The summed E-state index contributed by atoms with van der Waals surface area (Å²) in [5.74, 6) is -0.753. The Bertz CT molecular complexity index is 460. The van der Waals surface area contributed by atoms with Crippen molar-refractivity contribution in [1.29, 1.82) is 0 Å². The molecule has 1 aromatic rings. The number of carbonyl (C=O) groups excluding carboxylic acids is 2. The van der Waals surface area contributed by atoms with Gasteiger partial charge in [0.15, 0.2) is 5.11 Å². The Balaban J connectivity index is 2.78. The third kappa shape index (κ3) is 3.84. The predicted octanol–water partition coefficient (Wildman–Crippen LogP) is 1.01. The smallest absolute Gasteiger partial charge is 0.250 e. The summed E-state index contributed by atoms with van der Waals surface area (Å²) in [6.45, 7) is 1.72. The molecule has 0 fully saturated rings. The molecule has 4 N–H and O–H groups in total. The van der Waals surface area contributed by atoms with Gasteiger partial charge in [-0.3, -0.25) is 9.59 Å². The van der Waals surface area contributed by atoms with Crippen LogP contribution in [0.25, 0.3) is 0 Å². The number of para-hydroxylation sites is 1. The number of carbonyl (C=O) groups is 2. The van der Waals surface area contributed by atoms with Crippen molar-refractivity contribution in [2.24, 2.45) is 5.73 Å². The van der Waals surface area contributed by atoms with Crippen LogP contribution in [0.3, 0.4) is 0 Å². The maximum Gasteiger partial charge on any atom is 0.250 e. The average molecular weight is 251 g/mol. The molecule has 0 heterocycles. The lowest BCUT2D eigenvalue weighted by Crippen LogP contribution is -2.34. The fourth-order valence-electron chi connectivity index (χ4n) is 1.18. The molecular formula is C11H13N3O2S. The van der Waals surface area contributed by atoms with Gasteiger partial charge in [0.25, 0.3) is 5.91 Å². The molecule has 90 valence electrons.